The molecule has 2 heterocycles. The lowest BCUT2D eigenvalue weighted by molar-refractivity contribution is 0.450. The van der Waals surface area contributed by atoms with E-state index in [2.05, 4.69) is 25.6 Å². The molecule has 6 nitrogen and oxygen atoms in total. The predicted molar refractivity (Wildman–Crippen MR) is 102 cm³/mol. The topological polar surface area (TPSA) is 71.4 Å². The number of aromatic nitrogens is 2. The Balaban J connectivity index is 1.61. The van der Waals surface area contributed by atoms with E-state index < -0.39 is 0 Å². The predicted octanol–water partition coefficient (Wildman–Crippen LogP) is 3.27. The Bertz CT molecular complexity index is 902. The van der Waals surface area contributed by atoms with Gasteiger partial charge in [0.25, 0.3) is 0 Å². The van der Waals surface area contributed by atoms with Crippen LogP contribution in [-0.2, 0) is 13.1 Å². The van der Waals surface area contributed by atoms with Crippen molar-refractivity contribution in [3.63, 3.8) is 0 Å². The Kier molecular flexibility index (Phi) is 6.30. The van der Waals surface area contributed by atoms with Crippen molar-refractivity contribution in [1.82, 2.24) is 20.6 Å². The minimum absolute atomic E-state index is 0.359. The van der Waals surface area contributed by atoms with Gasteiger partial charge in [0, 0.05) is 37.6 Å². The number of pyridine rings is 2. The van der Waals surface area contributed by atoms with Crippen molar-refractivity contribution in [3.05, 3.63) is 84.1 Å². The molecule has 0 spiro atoms. The number of nitrogens with one attached hydrogen (secondary N) is 2. The average molecular weight is 365 g/mol. The molecule has 3 aromatic rings. The van der Waals surface area contributed by atoms with Gasteiger partial charge in [-0.25, -0.2) is 9.37 Å². The van der Waals surface area contributed by atoms with Gasteiger partial charge in [-0.05, 0) is 30.3 Å². The van der Waals surface area contributed by atoms with Crippen molar-refractivity contribution in [1.29, 1.82) is 0 Å². The Labute approximate surface area is 157 Å². The van der Waals surface area contributed by atoms with Crippen molar-refractivity contribution in [3.8, 4) is 11.6 Å². The fourth-order valence-electron chi connectivity index (χ4n) is 2.37. The molecule has 3 rings (SSSR count). The summed E-state index contributed by atoms with van der Waals surface area (Å²) in [6, 6.07) is 15.4. The fraction of sp³-hybridized carbons (Fsp3) is 0.150. The van der Waals surface area contributed by atoms with Gasteiger partial charge < -0.3 is 15.4 Å². The van der Waals surface area contributed by atoms with Gasteiger partial charge in [0.05, 0.1) is 12.2 Å². The van der Waals surface area contributed by atoms with E-state index in [0.717, 1.165) is 11.3 Å². The molecule has 0 aliphatic carbocycles. The number of guanidine groups is 1. The molecule has 2 N–H and O–H groups in total. The largest absolute Gasteiger partial charge is 0.439 e. The molecule has 0 amide bonds. The summed E-state index contributed by atoms with van der Waals surface area (Å²) in [6.45, 7) is 1.00. The highest BCUT2D eigenvalue weighted by atomic mass is 19.1. The zero-order valence-corrected chi connectivity index (χ0v) is 14.9. The molecule has 27 heavy (non-hydrogen) atoms. The average Bonchev–Trinajstić information content (AvgIpc) is 2.70. The highest BCUT2D eigenvalue weighted by Crippen LogP contribution is 2.23. The monoisotopic (exact) mass is 365 g/mol. The number of benzene rings is 1. The van der Waals surface area contributed by atoms with Gasteiger partial charge in [-0.1, -0.05) is 18.2 Å². The molecule has 0 radical (unpaired) electrons. The first kappa shape index (κ1) is 18.3. The van der Waals surface area contributed by atoms with E-state index in [1.165, 1.54) is 12.1 Å². The third-order valence-electron chi connectivity index (χ3n) is 3.69. The van der Waals surface area contributed by atoms with E-state index in [1.807, 2.05) is 30.3 Å². The van der Waals surface area contributed by atoms with Crippen LogP contribution >= 0.6 is 0 Å². The zero-order valence-electron chi connectivity index (χ0n) is 14.9. The lowest BCUT2D eigenvalue weighted by Crippen LogP contribution is -2.36. The van der Waals surface area contributed by atoms with Crippen LogP contribution in [0.2, 0.25) is 0 Å². The Hall–Kier alpha value is -3.48. The number of halogens is 1. The maximum atomic E-state index is 13.4. The lowest BCUT2D eigenvalue weighted by atomic mass is 10.2. The SMILES string of the molecule is CN=C(NCc1ccccn1)NCc1cccnc1Oc1cccc(F)c1. The van der Waals surface area contributed by atoms with Crippen molar-refractivity contribution < 1.29 is 9.13 Å². The standard InChI is InChI=1S/C20H20FN5O/c1-22-20(26-14-17-8-2-3-10-23-17)25-13-15-6-5-11-24-19(15)27-18-9-4-7-16(21)12-18/h2-12H,13-14H2,1H3,(H2,22,25,26). The third-order valence-corrected chi connectivity index (χ3v) is 3.69. The molecule has 138 valence electrons. The number of aliphatic imine (C=N–C) groups is 1. The molecular weight excluding hydrogens is 345 g/mol. The van der Waals surface area contributed by atoms with E-state index >= 15 is 0 Å². The van der Waals surface area contributed by atoms with Gasteiger partial charge in [-0.2, -0.15) is 0 Å². The summed E-state index contributed by atoms with van der Waals surface area (Å²) >= 11 is 0. The van der Waals surface area contributed by atoms with E-state index in [0.29, 0.717) is 30.7 Å². The van der Waals surface area contributed by atoms with Crippen LogP contribution in [0.5, 0.6) is 11.6 Å². The molecule has 0 aliphatic heterocycles. The van der Waals surface area contributed by atoms with Crippen LogP contribution in [0.15, 0.2) is 72.0 Å². The van der Waals surface area contributed by atoms with Crippen LogP contribution in [0.25, 0.3) is 0 Å². The van der Waals surface area contributed by atoms with Crippen molar-refractivity contribution in [2.45, 2.75) is 13.1 Å². The van der Waals surface area contributed by atoms with E-state index in [9.17, 15) is 4.39 Å². The fourth-order valence-corrected chi connectivity index (χ4v) is 2.37. The number of nitrogens with zero attached hydrogens (tertiary/aromatic N) is 3. The molecule has 0 saturated carbocycles. The van der Waals surface area contributed by atoms with Crippen molar-refractivity contribution >= 4 is 5.96 Å². The maximum absolute atomic E-state index is 13.4. The molecule has 2 aromatic heterocycles. The summed E-state index contributed by atoms with van der Waals surface area (Å²) in [7, 11) is 1.70. The number of rotatable bonds is 6. The van der Waals surface area contributed by atoms with Gasteiger partial charge in [-0.3, -0.25) is 9.98 Å². The minimum Gasteiger partial charge on any atom is -0.439 e. The van der Waals surface area contributed by atoms with Crippen LogP contribution in [0, 0.1) is 5.82 Å². The number of hydrogen-bond acceptors (Lipinski definition) is 4. The van der Waals surface area contributed by atoms with Crippen LogP contribution in [0.4, 0.5) is 4.39 Å². The van der Waals surface area contributed by atoms with Gasteiger partial charge in [0.1, 0.15) is 11.6 Å². The Morgan fingerprint density at radius 3 is 2.63 bits per heavy atom. The van der Waals surface area contributed by atoms with E-state index in [1.54, 1.807) is 31.6 Å². The smallest absolute Gasteiger partial charge is 0.224 e. The first-order valence-electron chi connectivity index (χ1n) is 8.46. The van der Waals surface area contributed by atoms with Crippen LogP contribution in [0.3, 0.4) is 0 Å². The summed E-state index contributed by atoms with van der Waals surface area (Å²) in [5.41, 5.74) is 1.74. The molecule has 0 fully saturated rings. The van der Waals surface area contributed by atoms with Crippen molar-refractivity contribution in [2.24, 2.45) is 4.99 Å². The molecule has 0 saturated heterocycles. The summed E-state index contributed by atoms with van der Waals surface area (Å²) in [5.74, 6) is 1.08. The second-order valence-corrected chi connectivity index (χ2v) is 5.63. The molecule has 1 aromatic carbocycles. The van der Waals surface area contributed by atoms with Gasteiger partial charge in [0.15, 0.2) is 5.96 Å². The quantitative estimate of drug-likeness (QED) is 0.518. The van der Waals surface area contributed by atoms with Crippen LogP contribution in [0.1, 0.15) is 11.3 Å². The Morgan fingerprint density at radius 2 is 1.85 bits per heavy atom. The number of hydrogen-bond donors (Lipinski definition) is 2. The van der Waals surface area contributed by atoms with E-state index in [-0.39, 0.29) is 5.82 Å². The Morgan fingerprint density at radius 1 is 1.00 bits per heavy atom. The first-order valence-corrected chi connectivity index (χ1v) is 8.46. The molecule has 0 aliphatic rings. The summed E-state index contributed by atoms with van der Waals surface area (Å²) in [4.78, 5) is 12.7. The minimum atomic E-state index is -0.359. The lowest BCUT2D eigenvalue weighted by Gasteiger charge is -2.14. The normalized spacial score (nSPS) is 11.1. The highest BCUT2D eigenvalue weighted by molar-refractivity contribution is 5.79. The van der Waals surface area contributed by atoms with E-state index in [4.69, 9.17) is 4.74 Å². The summed E-state index contributed by atoms with van der Waals surface area (Å²) in [6.07, 6.45) is 3.38. The molecule has 0 bridgehead atoms. The molecule has 0 atom stereocenters. The second kappa shape index (κ2) is 9.28. The molecular formula is C20H20FN5O. The number of ether oxygens (including phenoxy) is 1. The van der Waals surface area contributed by atoms with Crippen LogP contribution in [-0.4, -0.2) is 23.0 Å². The first-order chi connectivity index (χ1) is 13.2. The second-order valence-electron chi connectivity index (χ2n) is 5.63. The summed E-state index contributed by atoms with van der Waals surface area (Å²) in [5, 5.41) is 6.41. The highest BCUT2D eigenvalue weighted by Gasteiger charge is 2.08. The zero-order chi connectivity index (χ0) is 18.9. The maximum Gasteiger partial charge on any atom is 0.224 e. The van der Waals surface area contributed by atoms with Gasteiger partial charge >= 0.3 is 0 Å². The van der Waals surface area contributed by atoms with Crippen molar-refractivity contribution in [2.75, 3.05) is 7.05 Å². The summed E-state index contributed by atoms with van der Waals surface area (Å²) < 4.78 is 19.1. The van der Waals surface area contributed by atoms with Crippen LogP contribution < -0.4 is 15.4 Å². The van der Waals surface area contributed by atoms with Gasteiger partial charge in [0.2, 0.25) is 5.88 Å². The molecule has 0 unspecified atom stereocenters. The third kappa shape index (κ3) is 5.50. The van der Waals surface area contributed by atoms with Gasteiger partial charge in [-0.15, -0.1) is 0 Å². The molecule has 7 heteroatoms.